The van der Waals surface area contributed by atoms with Crippen molar-refractivity contribution in [3.05, 3.63) is 23.8 Å². The monoisotopic (exact) mass is 285 g/mol. The summed E-state index contributed by atoms with van der Waals surface area (Å²) in [5.41, 5.74) is 7.02. The fourth-order valence-electron chi connectivity index (χ4n) is 2.54. The third-order valence-corrected chi connectivity index (χ3v) is 5.36. The van der Waals surface area contributed by atoms with Crippen LogP contribution < -0.4 is 15.2 Å². The molecule has 1 saturated heterocycles. The van der Waals surface area contributed by atoms with Gasteiger partial charge in [-0.2, -0.15) is 0 Å². The molecule has 0 spiro atoms. The molecule has 2 rings (SSSR count). The van der Waals surface area contributed by atoms with Crippen molar-refractivity contribution in [2.45, 2.75) is 12.5 Å². The highest BCUT2D eigenvalue weighted by Gasteiger charge is 2.34. The maximum Gasteiger partial charge on any atom is 0.165 e. The molecule has 1 aromatic carbocycles. The smallest absolute Gasteiger partial charge is 0.165 e. The number of sulfone groups is 1. The van der Waals surface area contributed by atoms with E-state index in [1.165, 1.54) is 0 Å². The average Bonchev–Trinajstić information content (AvgIpc) is 2.77. The van der Waals surface area contributed by atoms with Crippen LogP contribution in [0.4, 0.5) is 0 Å². The first-order valence-electron chi connectivity index (χ1n) is 6.15. The van der Waals surface area contributed by atoms with Gasteiger partial charge >= 0.3 is 0 Å². The van der Waals surface area contributed by atoms with E-state index < -0.39 is 9.84 Å². The Morgan fingerprint density at radius 1 is 1.32 bits per heavy atom. The lowest BCUT2D eigenvalue weighted by Gasteiger charge is -2.21. The minimum Gasteiger partial charge on any atom is -0.493 e. The Morgan fingerprint density at radius 3 is 2.58 bits per heavy atom. The van der Waals surface area contributed by atoms with Gasteiger partial charge in [0.2, 0.25) is 0 Å². The SMILES string of the molecule is COc1cccc(C(N)C2CCS(=O)(=O)C2)c1OC. The van der Waals surface area contributed by atoms with Gasteiger partial charge in [-0.05, 0) is 18.4 Å². The van der Waals surface area contributed by atoms with Crippen molar-refractivity contribution < 1.29 is 17.9 Å². The summed E-state index contributed by atoms with van der Waals surface area (Å²) in [6.07, 6.45) is 0.601. The molecule has 1 fully saturated rings. The highest BCUT2D eigenvalue weighted by Crippen LogP contribution is 2.38. The molecule has 1 aromatic rings. The van der Waals surface area contributed by atoms with Gasteiger partial charge < -0.3 is 15.2 Å². The van der Waals surface area contributed by atoms with Gasteiger partial charge in [-0.15, -0.1) is 0 Å². The zero-order chi connectivity index (χ0) is 14.0. The van der Waals surface area contributed by atoms with E-state index in [0.717, 1.165) is 5.56 Å². The predicted octanol–water partition coefficient (Wildman–Crippen LogP) is 1.14. The molecule has 0 radical (unpaired) electrons. The van der Waals surface area contributed by atoms with Crippen LogP contribution in [0.25, 0.3) is 0 Å². The lowest BCUT2D eigenvalue weighted by molar-refractivity contribution is 0.344. The van der Waals surface area contributed by atoms with E-state index in [1.807, 2.05) is 12.1 Å². The molecular weight excluding hydrogens is 266 g/mol. The standard InChI is InChI=1S/C13H19NO4S/c1-17-11-5-3-4-10(13(11)18-2)12(14)9-6-7-19(15,16)8-9/h3-5,9,12H,6-8,14H2,1-2H3. The number of hydrogen-bond donors (Lipinski definition) is 1. The van der Waals surface area contributed by atoms with Gasteiger partial charge in [-0.3, -0.25) is 0 Å². The molecule has 0 aromatic heterocycles. The molecule has 2 atom stereocenters. The number of para-hydroxylation sites is 1. The average molecular weight is 285 g/mol. The summed E-state index contributed by atoms with van der Waals surface area (Å²) in [7, 11) is 0.182. The maximum atomic E-state index is 11.5. The van der Waals surface area contributed by atoms with Gasteiger partial charge in [0, 0.05) is 11.6 Å². The maximum absolute atomic E-state index is 11.5. The Balaban J connectivity index is 2.31. The number of hydrogen-bond acceptors (Lipinski definition) is 5. The summed E-state index contributed by atoms with van der Waals surface area (Å²) >= 11 is 0. The second-order valence-corrected chi connectivity index (χ2v) is 7.00. The topological polar surface area (TPSA) is 78.6 Å². The van der Waals surface area contributed by atoms with Gasteiger partial charge in [-0.1, -0.05) is 12.1 Å². The summed E-state index contributed by atoms with van der Waals surface area (Å²) in [5.74, 6) is 1.50. The molecule has 0 bridgehead atoms. The fraction of sp³-hybridized carbons (Fsp3) is 0.538. The number of nitrogens with two attached hydrogens (primary N) is 1. The van der Waals surface area contributed by atoms with Gasteiger partial charge in [0.05, 0.1) is 25.7 Å². The molecule has 1 aliphatic rings. The van der Waals surface area contributed by atoms with Crippen LogP contribution >= 0.6 is 0 Å². The second-order valence-electron chi connectivity index (χ2n) is 4.77. The van der Waals surface area contributed by atoms with Crippen LogP contribution in [0.15, 0.2) is 18.2 Å². The molecule has 5 nitrogen and oxygen atoms in total. The normalized spacial score (nSPS) is 23.0. The first-order chi connectivity index (χ1) is 8.98. The van der Waals surface area contributed by atoms with Crippen LogP contribution in [0.5, 0.6) is 11.5 Å². The molecule has 2 unspecified atom stereocenters. The number of methoxy groups -OCH3 is 2. The third kappa shape index (κ3) is 2.84. The Bertz CT molecular complexity index is 556. The van der Waals surface area contributed by atoms with E-state index in [9.17, 15) is 8.42 Å². The van der Waals surface area contributed by atoms with Crippen molar-refractivity contribution in [1.29, 1.82) is 0 Å². The highest BCUT2D eigenvalue weighted by molar-refractivity contribution is 7.91. The molecule has 106 valence electrons. The van der Waals surface area contributed by atoms with Crippen LogP contribution in [0.1, 0.15) is 18.0 Å². The van der Waals surface area contributed by atoms with Crippen molar-refractivity contribution in [2.75, 3.05) is 25.7 Å². The van der Waals surface area contributed by atoms with E-state index in [0.29, 0.717) is 17.9 Å². The van der Waals surface area contributed by atoms with Crippen LogP contribution in [-0.4, -0.2) is 34.1 Å². The van der Waals surface area contributed by atoms with Crippen molar-refractivity contribution >= 4 is 9.84 Å². The Hall–Kier alpha value is -1.27. The second kappa shape index (κ2) is 5.38. The van der Waals surface area contributed by atoms with Gasteiger partial charge in [0.15, 0.2) is 21.3 Å². The first-order valence-corrected chi connectivity index (χ1v) is 7.97. The molecule has 6 heteroatoms. The zero-order valence-electron chi connectivity index (χ0n) is 11.1. The van der Waals surface area contributed by atoms with Crippen LogP contribution in [0, 0.1) is 5.92 Å². The quantitative estimate of drug-likeness (QED) is 0.897. The summed E-state index contributed by atoms with van der Waals surface area (Å²) in [4.78, 5) is 0. The van der Waals surface area contributed by atoms with Crippen LogP contribution in [0.3, 0.4) is 0 Å². The van der Waals surface area contributed by atoms with E-state index in [4.69, 9.17) is 15.2 Å². The molecule has 19 heavy (non-hydrogen) atoms. The van der Waals surface area contributed by atoms with Crippen molar-refractivity contribution in [1.82, 2.24) is 0 Å². The lowest BCUT2D eigenvalue weighted by Crippen LogP contribution is -2.23. The third-order valence-electron chi connectivity index (χ3n) is 3.57. The summed E-state index contributed by atoms with van der Waals surface area (Å²) < 4.78 is 33.7. The van der Waals surface area contributed by atoms with Gasteiger partial charge in [-0.25, -0.2) is 8.42 Å². The Morgan fingerprint density at radius 2 is 2.05 bits per heavy atom. The molecular formula is C13H19NO4S. The predicted molar refractivity (Wildman–Crippen MR) is 73.2 cm³/mol. The largest absolute Gasteiger partial charge is 0.493 e. The van der Waals surface area contributed by atoms with Crippen molar-refractivity contribution in [3.8, 4) is 11.5 Å². The van der Waals surface area contributed by atoms with E-state index in [-0.39, 0.29) is 23.5 Å². The molecule has 0 amide bonds. The van der Waals surface area contributed by atoms with Crippen LogP contribution in [-0.2, 0) is 9.84 Å². The molecule has 2 N–H and O–H groups in total. The minimum absolute atomic E-state index is 0.0639. The lowest BCUT2D eigenvalue weighted by atomic mass is 9.92. The van der Waals surface area contributed by atoms with Gasteiger partial charge in [0.1, 0.15) is 0 Å². The molecule has 0 saturated carbocycles. The first kappa shape index (κ1) is 14.1. The van der Waals surface area contributed by atoms with Gasteiger partial charge in [0.25, 0.3) is 0 Å². The van der Waals surface area contributed by atoms with Crippen molar-refractivity contribution in [3.63, 3.8) is 0 Å². The molecule has 1 aliphatic heterocycles. The fourth-order valence-corrected chi connectivity index (χ4v) is 4.39. The molecule has 0 aliphatic carbocycles. The van der Waals surface area contributed by atoms with Crippen LogP contribution in [0.2, 0.25) is 0 Å². The molecule has 1 heterocycles. The van der Waals surface area contributed by atoms with E-state index >= 15 is 0 Å². The number of rotatable bonds is 4. The minimum atomic E-state index is -2.94. The number of benzene rings is 1. The summed E-state index contributed by atoms with van der Waals surface area (Å²) in [6, 6.07) is 5.12. The number of ether oxygens (including phenoxy) is 2. The van der Waals surface area contributed by atoms with Crippen molar-refractivity contribution in [2.24, 2.45) is 11.7 Å². The summed E-state index contributed by atoms with van der Waals surface area (Å²) in [5, 5.41) is 0. The van der Waals surface area contributed by atoms with E-state index in [2.05, 4.69) is 0 Å². The van der Waals surface area contributed by atoms with E-state index in [1.54, 1.807) is 20.3 Å². The zero-order valence-corrected chi connectivity index (χ0v) is 11.9. The Kier molecular flexibility index (Phi) is 4.01. The Labute approximate surface area is 113 Å². The highest BCUT2D eigenvalue weighted by atomic mass is 32.2. The summed E-state index contributed by atoms with van der Waals surface area (Å²) in [6.45, 7) is 0.